The highest BCUT2D eigenvalue weighted by Crippen LogP contribution is 2.25. The Balaban J connectivity index is 2.01. The van der Waals surface area contributed by atoms with Crippen LogP contribution in [-0.4, -0.2) is 10.7 Å². The van der Waals surface area contributed by atoms with Crippen LogP contribution in [0.3, 0.4) is 0 Å². The molecule has 0 radical (unpaired) electrons. The van der Waals surface area contributed by atoms with E-state index in [0.29, 0.717) is 0 Å². The first-order valence-corrected chi connectivity index (χ1v) is 7.66. The fourth-order valence-electron chi connectivity index (χ4n) is 2.41. The Hall–Kier alpha value is -2.18. The molecule has 3 rings (SSSR count). The average Bonchev–Trinajstić information content (AvgIpc) is 2.85. The van der Waals surface area contributed by atoms with E-state index in [1.54, 1.807) is 11.8 Å². The van der Waals surface area contributed by atoms with Gasteiger partial charge in [0.05, 0.1) is 0 Å². The Labute approximate surface area is 122 Å². The van der Waals surface area contributed by atoms with Gasteiger partial charge in [0.15, 0.2) is 0 Å². The average molecular weight is 278 g/mol. The first-order valence-electron chi connectivity index (χ1n) is 6.44. The minimum Gasteiger partial charge on any atom is -0.307 e. The molecule has 1 aromatic carbocycles. The smallest absolute Gasteiger partial charge is 0.138 e. The summed E-state index contributed by atoms with van der Waals surface area (Å²) in [4.78, 5) is 1.03. The van der Waals surface area contributed by atoms with Crippen molar-refractivity contribution in [2.75, 3.05) is 6.26 Å². The molecule has 20 heavy (non-hydrogen) atoms. The van der Waals surface area contributed by atoms with Gasteiger partial charge in [-0.1, -0.05) is 30.3 Å². The van der Waals surface area contributed by atoms with Crippen molar-refractivity contribution in [1.29, 1.82) is 5.26 Å². The van der Waals surface area contributed by atoms with E-state index in [1.807, 2.05) is 22.9 Å². The SMILES string of the molecule is CSc1cc2cc(Cc3ccccc3)ccn2c1C#N. The summed E-state index contributed by atoms with van der Waals surface area (Å²) in [5, 5.41) is 9.26. The summed E-state index contributed by atoms with van der Waals surface area (Å²) in [5.74, 6) is 0. The van der Waals surface area contributed by atoms with Gasteiger partial charge in [0.25, 0.3) is 0 Å². The molecule has 0 bridgehead atoms. The highest BCUT2D eigenvalue weighted by Gasteiger charge is 2.09. The third-order valence-corrected chi connectivity index (χ3v) is 4.13. The molecule has 98 valence electrons. The maximum atomic E-state index is 9.26. The lowest BCUT2D eigenvalue weighted by molar-refractivity contribution is 1.10. The van der Waals surface area contributed by atoms with Gasteiger partial charge in [0.2, 0.25) is 0 Å². The van der Waals surface area contributed by atoms with Gasteiger partial charge in [0.1, 0.15) is 11.8 Å². The zero-order valence-electron chi connectivity index (χ0n) is 11.2. The van der Waals surface area contributed by atoms with Crippen molar-refractivity contribution in [3.8, 4) is 6.07 Å². The molecule has 0 aliphatic carbocycles. The van der Waals surface area contributed by atoms with E-state index in [-0.39, 0.29) is 0 Å². The summed E-state index contributed by atoms with van der Waals surface area (Å²) in [6, 6.07) is 19.0. The van der Waals surface area contributed by atoms with Gasteiger partial charge in [-0.05, 0) is 42.0 Å². The third-order valence-electron chi connectivity index (χ3n) is 3.38. The molecule has 2 heterocycles. The molecule has 3 heteroatoms. The van der Waals surface area contributed by atoms with Crippen LogP contribution < -0.4 is 0 Å². The van der Waals surface area contributed by atoms with Crippen LogP contribution in [-0.2, 0) is 6.42 Å². The van der Waals surface area contributed by atoms with Gasteiger partial charge in [-0.3, -0.25) is 0 Å². The van der Waals surface area contributed by atoms with E-state index in [2.05, 4.69) is 48.5 Å². The second-order valence-electron chi connectivity index (χ2n) is 4.67. The van der Waals surface area contributed by atoms with Gasteiger partial charge in [-0.25, -0.2) is 0 Å². The zero-order valence-corrected chi connectivity index (χ0v) is 12.0. The Morgan fingerprint density at radius 1 is 1.10 bits per heavy atom. The fraction of sp³-hybridized carbons (Fsp3) is 0.118. The second kappa shape index (κ2) is 5.44. The highest BCUT2D eigenvalue weighted by atomic mass is 32.2. The van der Waals surface area contributed by atoms with Crippen LogP contribution in [0.5, 0.6) is 0 Å². The van der Waals surface area contributed by atoms with Gasteiger partial charge < -0.3 is 4.40 Å². The van der Waals surface area contributed by atoms with Crippen molar-refractivity contribution < 1.29 is 0 Å². The second-order valence-corrected chi connectivity index (χ2v) is 5.51. The van der Waals surface area contributed by atoms with Crippen LogP contribution in [0.2, 0.25) is 0 Å². The number of hydrogen-bond acceptors (Lipinski definition) is 2. The third kappa shape index (κ3) is 2.31. The summed E-state index contributed by atoms with van der Waals surface area (Å²) in [5.41, 5.74) is 4.37. The quantitative estimate of drug-likeness (QED) is 0.674. The van der Waals surface area contributed by atoms with Crippen LogP contribution in [0.25, 0.3) is 5.52 Å². The maximum absolute atomic E-state index is 9.26. The lowest BCUT2D eigenvalue weighted by Crippen LogP contribution is -1.92. The molecule has 0 aliphatic rings. The monoisotopic (exact) mass is 278 g/mol. The first-order chi connectivity index (χ1) is 9.81. The van der Waals surface area contributed by atoms with Crippen molar-refractivity contribution in [1.82, 2.24) is 4.40 Å². The van der Waals surface area contributed by atoms with Crippen LogP contribution in [0.4, 0.5) is 0 Å². The predicted octanol–water partition coefficient (Wildman–Crippen LogP) is 4.12. The molecule has 0 saturated heterocycles. The van der Waals surface area contributed by atoms with Crippen molar-refractivity contribution in [2.24, 2.45) is 0 Å². The lowest BCUT2D eigenvalue weighted by Gasteiger charge is -2.03. The number of thioether (sulfide) groups is 1. The van der Waals surface area contributed by atoms with Crippen molar-refractivity contribution in [2.45, 2.75) is 11.3 Å². The molecule has 2 nitrogen and oxygen atoms in total. The molecular weight excluding hydrogens is 264 g/mol. The van der Waals surface area contributed by atoms with Gasteiger partial charge >= 0.3 is 0 Å². The number of aromatic nitrogens is 1. The van der Waals surface area contributed by atoms with Gasteiger partial charge in [-0.15, -0.1) is 11.8 Å². The van der Waals surface area contributed by atoms with Gasteiger partial charge in [-0.2, -0.15) is 5.26 Å². The summed E-state index contributed by atoms with van der Waals surface area (Å²) in [7, 11) is 0. The zero-order chi connectivity index (χ0) is 13.9. The van der Waals surface area contributed by atoms with Crippen molar-refractivity contribution >= 4 is 17.3 Å². The number of nitriles is 1. The van der Waals surface area contributed by atoms with Gasteiger partial charge in [0, 0.05) is 16.6 Å². The molecule has 0 N–H and O–H groups in total. The number of benzene rings is 1. The van der Waals surface area contributed by atoms with E-state index in [1.165, 1.54) is 11.1 Å². The van der Waals surface area contributed by atoms with E-state index in [9.17, 15) is 5.26 Å². The molecule has 0 saturated carbocycles. The Bertz CT molecular complexity index is 782. The largest absolute Gasteiger partial charge is 0.307 e. The molecule has 0 aliphatic heterocycles. The predicted molar refractivity (Wildman–Crippen MR) is 83.1 cm³/mol. The number of hydrogen-bond donors (Lipinski definition) is 0. The van der Waals surface area contributed by atoms with E-state index >= 15 is 0 Å². The molecule has 0 atom stereocenters. The molecule has 2 aromatic heterocycles. The Morgan fingerprint density at radius 3 is 2.60 bits per heavy atom. The van der Waals surface area contributed by atoms with E-state index in [4.69, 9.17) is 0 Å². The van der Waals surface area contributed by atoms with E-state index in [0.717, 1.165) is 22.5 Å². The maximum Gasteiger partial charge on any atom is 0.138 e. The normalized spacial score (nSPS) is 10.6. The summed E-state index contributed by atoms with van der Waals surface area (Å²) in [6.45, 7) is 0. The number of rotatable bonds is 3. The number of pyridine rings is 1. The fourth-order valence-corrected chi connectivity index (χ4v) is 2.98. The molecule has 0 amide bonds. The summed E-state index contributed by atoms with van der Waals surface area (Å²) < 4.78 is 1.96. The van der Waals surface area contributed by atoms with Crippen molar-refractivity contribution in [3.63, 3.8) is 0 Å². The van der Waals surface area contributed by atoms with Crippen LogP contribution in [0.1, 0.15) is 16.8 Å². The summed E-state index contributed by atoms with van der Waals surface area (Å²) in [6.07, 6.45) is 4.91. The van der Waals surface area contributed by atoms with Crippen LogP contribution in [0.15, 0.2) is 59.6 Å². The number of nitrogens with zero attached hydrogens (tertiary/aromatic N) is 2. The summed E-state index contributed by atoms with van der Waals surface area (Å²) >= 11 is 1.61. The Kier molecular flexibility index (Phi) is 3.49. The molecule has 3 aromatic rings. The van der Waals surface area contributed by atoms with Crippen LogP contribution >= 0.6 is 11.8 Å². The Morgan fingerprint density at radius 2 is 1.90 bits per heavy atom. The van der Waals surface area contributed by atoms with Crippen molar-refractivity contribution in [3.05, 3.63) is 71.5 Å². The molecule has 0 unspecified atom stereocenters. The standard InChI is InChI=1S/C17H14N2S/c1-20-17-11-15-10-14(7-8-19(15)16(17)12-18)9-13-5-3-2-4-6-13/h2-8,10-11H,9H2,1H3. The lowest BCUT2D eigenvalue weighted by atomic mass is 10.1. The van der Waals surface area contributed by atoms with Crippen LogP contribution in [0, 0.1) is 11.3 Å². The highest BCUT2D eigenvalue weighted by molar-refractivity contribution is 7.98. The number of fused-ring (bicyclic) bond motifs is 1. The molecule has 0 spiro atoms. The molecule has 0 fully saturated rings. The molecular formula is C17H14N2S. The first kappa shape index (κ1) is 12.8. The van der Waals surface area contributed by atoms with E-state index < -0.39 is 0 Å². The topological polar surface area (TPSA) is 28.2 Å². The minimum atomic E-state index is 0.721. The minimum absolute atomic E-state index is 0.721.